The topological polar surface area (TPSA) is 94.4 Å². The van der Waals surface area contributed by atoms with Crippen molar-refractivity contribution in [1.29, 1.82) is 0 Å². The Bertz CT molecular complexity index is 925. The minimum Gasteiger partial charge on any atom is -0.497 e. The lowest BCUT2D eigenvalue weighted by atomic mass is 10.1. The van der Waals surface area contributed by atoms with Crippen molar-refractivity contribution in [1.82, 2.24) is 4.90 Å². The van der Waals surface area contributed by atoms with E-state index in [1.165, 1.54) is 19.2 Å². The van der Waals surface area contributed by atoms with E-state index in [-0.39, 0.29) is 11.3 Å². The molecule has 1 heterocycles. The fourth-order valence-electron chi connectivity index (χ4n) is 3.58. The van der Waals surface area contributed by atoms with E-state index in [2.05, 4.69) is 9.80 Å². The number of methoxy groups -OCH3 is 3. The fraction of sp³-hybridized carbons (Fsp3) is 0.381. The molecule has 0 aromatic heterocycles. The Hall–Kier alpha value is -3.33. The molecule has 30 heavy (non-hydrogen) atoms. The van der Waals surface area contributed by atoms with Gasteiger partial charge in [0.2, 0.25) is 0 Å². The van der Waals surface area contributed by atoms with Gasteiger partial charge in [-0.05, 0) is 24.3 Å². The number of nitro groups is 1. The second-order valence-corrected chi connectivity index (χ2v) is 6.89. The molecule has 1 fully saturated rings. The third kappa shape index (κ3) is 4.62. The molecule has 0 saturated carbocycles. The third-order valence-electron chi connectivity index (χ3n) is 5.19. The van der Waals surface area contributed by atoms with Crippen LogP contribution in [0.25, 0.3) is 0 Å². The summed E-state index contributed by atoms with van der Waals surface area (Å²) in [6.45, 7) is 3.58. The standard InChI is InChI=1S/C21H25N3O6/c1-28-17-5-7-20(29-2)15(12-17)14-22-8-10-23(11-9-22)19-6-4-16(24(26)27)13-18(19)21(25)30-3/h4-7,12-13H,8-11,14H2,1-3H3. The summed E-state index contributed by atoms with van der Waals surface area (Å²) in [5, 5.41) is 11.1. The average Bonchev–Trinajstić information content (AvgIpc) is 2.78. The zero-order valence-corrected chi connectivity index (χ0v) is 17.3. The first-order valence-corrected chi connectivity index (χ1v) is 9.51. The van der Waals surface area contributed by atoms with Gasteiger partial charge in [0, 0.05) is 50.4 Å². The highest BCUT2D eigenvalue weighted by Gasteiger charge is 2.24. The fourth-order valence-corrected chi connectivity index (χ4v) is 3.58. The van der Waals surface area contributed by atoms with Crippen LogP contribution in [0.1, 0.15) is 15.9 Å². The largest absolute Gasteiger partial charge is 0.497 e. The number of ether oxygens (including phenoxy) is 3. The summed E-state index contributed by atoms with van der Waals surface area (Å²) < 4.78 is 15.6. The molecule has 0 aliphatic carbocycles. The number of hydrogen-bond donors (Lipinski definition) is 0. The third-order valence-corrected chi connectivity index (χ3v) is 5.19. The van der Waals surface area contributed by atoms with Crippen molar-refractivity contribution >= 4 is 17.3 Å². The number of piperazine rings is 1. The number of carbonyl (C=O) groups is 1. The van der Waals surface area contributed by atoms with E-state index in [0.29, 0.717) is 25.3 Å². The van der Waals surface area contributed by atoms with E-state index < -0.39 is 10.9 Å². The maximum atomic E-state index is 12.2. The minimum atomic E-state index is -0.586. The second-order valence-electron chi connectivity index (χ2n) is 6.89. The van der Waals surface area contributed by atoms with Gasteiger partial charge in [0.05, 0.1) is 37.5 Å². The zero-order valence-electron chi connectivity index (χ0n) is 17.3. The lowest BCUT2D eigenvalue weighted by molar-refractivity contribution is -0.384. The molecular weight excluding hydrogens is 390 g/mol. The molecule has 1 saturated heterocycles. The maximum Gasteiger partial charge on any atom is 0.340 e. The Kier molecular flexibility index (Phi) is 6.73. The van der Waals surface area contributed by atoms with Crippen LogP contribution in [0.2, 0.25) is 0 Å². The number of carbonyl (C=O) groups excluding carboxylic acids is 1. The van der Waals surface area contributed by atoms with Crippen molar-refractivity contribution < 1.29 is 23.9 Å². The second kappa shape index (κ2) is 9.45. The molecule has 0 amide bonds. The number of benzene rings is 2. The molecular formula is C21H25N3O6. The number of anilines is 1. The molecule has 0 spiro atoms. The number of esters is 1. The molecule has 0 N–H and O–H groups in total. The number of hydrogen-bond acceptors (Lipinski definition) is 8. The predicted octanol–water partition coefficient (Wildman–Crippen LogP) is 2.72. The average molecular weight is 415 g/mol. The van der Waals surface area contributed by atoms with E-state index in [1.807, 2.05) is 18.2 Å². The molecule has 160 valence electrons. The lowest BCUT2D eigenvalue weighted by Gasteiger charge is -2.36. The van der Waals surface area contributed by atoms with Gasteiger partial charge >= 0.3 is 5.97 Å². The van der Waals surface area contributed by atoms with Crippen molar-refractivity contribution in [2.75, 3.05) is 52.4 Å². The van der Waals surface area contributed by atoms with Crippen LogP contribution in [0.3, 0.4) is 0 Å². The van der Waals surface area contributed by atoms with E-state index in [1.54, 1.807) is 20.3 Å². The number of rotatable bonds is 7. The summed E-state index contributed by atoms with van der Waals surface area (Å²) in [6.07, 6.45) is 0. The van der Waals surface area contributed by atoms with E-state index in [9.17, 15) is 14.9 Å². The first-order chi connectivity index (χ1) is 14.5. The Balaban J connectivity index is 1.73. The monoisotopic (exact) mass is 415 g/mol. The van der Waals surface area contributed by atoms with Crippen molar-refractivity contribution in [3.8, 4) is 11.5 Å². The highest BCUT2D eigenvalue weighted by molar-refractivity contribution is 5.96. The molecule has 0 bridgehead atoms. The van der Waals surface area contributed by atoms with E-state index in [0.717, 1.165) is 30.2 Å². The van der Waals surface area contributed by atoms with Gasteiger partial charge in [-0.1, -0.05) is 0 Å². The van der Waals surface area contributed by atoms with Crippen molar-refractivity contribution in [3.05, 3.63) is 57.6 Å². The molecule has 1 aliphatic rings. The number of nitro benzene ring substituents is 1. The Morgan fingerprint density at radius 3 is 2.37 bits per heavy atom. The smallest absolute Gasteiger partial charge is 0.340 e. The van der Waals surface area contributed by atoms with Crippen LogP contribution in [-0.2, 0) is 11.3 Å². The highest BCUT2D eigenvalue weighted by Crippen LogP contribution is 2.29. The van der Waals surface area contributed by atoms with Crippen LogP contribution in [-0.4, -0.2) is 63.3 Å². The zero-order chi connectivity index (χ0) is 21.7. The summed E-state index contributed by atoms with van der Waals surface area (Å²) in [5.41, 5.74) is 1.75. The van der Waals surface area contributed by atoms with Crippen molar-refractivity contribution in [3.63, 3.8) is 0 Å². The molecule has 1 aliphatic heterocycles. The summed E-state index contributed by atoms with van der Waals surface area (Å²) in [5.74, 6) is 0.997. The quantitative estimate of drug-likeness (QED) is 0.387. The first-order valence-electron chi connectivity index (χ1n) is 9.51. The van der Waals surface area contributed by atoms with Crippen molar-refractivity contribution in [2.45, 2.75) is 6.54 Å². The SMILES string of the molecule is COC(=O)c1cc([N+](=O)[O-])ccc1N1CCN(Cc2cc(OC)ccc2OC)CC1. The van der Waals surface area contributed by atoms with E-state index >= 15 is 0 Å². The molecule has 0 unspecified atom stereocenters. The van der Waals surface area contributed by atoms with Crippen LogP contribution < -0.4 is 14.4 Å². The van der Waals surface area contributed by atoms with Gasteiger partial charge in [0.1, 0.15) is 11.5 Å². The number of non-ortho nitro benzene ring substituents is 1. The Labute approximate surface area is 174 Å². The van der Waals surface area contributed by atoms with Gasteiger partial charge in [0.25, 0.3) is 5.69 Å². The summed E-state index contributed by atoms with van der Waals surface area (Å²) in [6, 6.07) is 10.0. The highest BCUT2D eigenvalue weighted by atomic mass is 16.6. The summed E-state index contributed by atoms with van der Waals surface area (Å²) in [4.78, 5) is 27.1. The normalized spacial score (nSPS) is 14.3. The van der Waals surface area contributed by atoms with Gasteiger partial charge in [-0.2, -0.15) is 0 Å². The van der Waals surface area contributed by atoms with Crippen LogP contribution >= 0.6 is 0 Å². The molecule has 0 radical (unpaired) electrons. The Morgan fingerprint density at radius 2 is 1.77 bits per heavy atom. The summed E-state index contributed by atoms with van der Waals surface area (Å²) >= 11 is 0. The summed E-state index contributed by atoms with van der Waals surface area (Å²) in [7, 11) is 4.55. The van der Waals surface area contributed by atoms with Crippen LogP contribution in [0, 0.1) is 10.1 Å². The molecule has 2 aromatic carbocycles. The predicted molar refractivity (Wildman–Crippen MR) is 111 cm³/mol. The Morgan fingerprint density at radius 1 is 1.03 bits per heavy atom. The van der Waals surface area contributed by atoms with Gasteiger partial charge in [0.15, 0.2) is 0 Å². The molecule has 3 rings (SSSR count). The van der Waals surface area contributed by atoms with Crippen LogP contribution in [0.5, 0.6) is 11.5 Å². The lowest BCUT2D eigenvalue weighted by Crippen LogP contribution is -2.46. The molecule has 9 heteroatoms. The van der Waals surface area contributed by atoms with Gasteiger partial charge in [-0.3, -0.25) is 15.0 Å². The molecule has 9 nitrogen and oxygen atoms in total. The number of nitrogens with zero attached hydrogens (tertiary/aromatic N) is 3. The molecule has 2 aromatic rings. The van der Waals surface area contributed by atoms with Crippen LogP contribution in [0.4, 0.5) is 11.4 Å². The minimum absolute atomic E-state index is 0.136. The maximum absolute atomic E-state index is 12.2. The van der Waals surface area contributed by atoms with Gasteiger partial charge in [-0.15, -0.1) is 0 Å². The van der Waals surface area contributed by atoms with E-state index in [4.69, 9.17) is 14.2 Å². The van der Waals surface area contributed by atoms with Crippen molar-refractivity contribution in [2.24, 2.45) is 0 Å². The van der Waals surface area contributed by atoms with Gasteiger partial charge < -0.3 is 19.1 Å². The van der Waals surface area contributed by atoms with Gasteiger partial charge in [-0.25, -0.2) is 4.79 Å². The molecule has 0 atom stereocenters. The van der Waals surface area contributed by atoms with Crippen LogP contribution in [0.15, 0.2) is 36.4 Å². The first kappa shape index (κ1) is 21.4.